The van der Waals surface area contributed by atoms with Gasteiger partial charge in [-0.2, -0.15) is 0 Å². The molecule has 0 fully saturated rings. The molecule has 0 spiro atoms. The number of hydrogen-bond acceptors (Lipinski definition) is 0. The third-order valence-electron chi connectivity index (χ3n) is 14.3. The Morgan fingerprint density at radius 2 is 0.333 bits per heavy atom. The molecule has 4 heterocycles. The fourth-order valence-electron chi connectivity index (χ4n) is 11.1. The number of hydrogen-bond donors (Lipinski definition) is 3. The molecule has 0 atom stereocenters. The van der Waals surface area contributed by atoms with Crippen molar-refractivity contribution in [2.75, 3.05) is 0 Å². The number of H-pyrrole nitrogens is 3. The molecule has 3 N–H and O–H groups in total. The van der Waals surface area contributed by atoms with Crippen LogP contribution >= 0.6 is 0 Å². The third kappa shape index (κ3) is 6.41. The second-order valence-corrected chi connectivity index (χ2v) is 25.5. The van der Waals surface area contributed by atoms with Crippen LogP contribution in [-0.4, -0.2) is 15.0 Å². The molecule has 3 nitrogen and oxygen atoms in total. The predicted molar refractivity (Wildman–Crippen MR) is 277 cm³/mol. The summed E-state index contributed by atoms with van der Waals surface area (Å²) in [5.41, 5.74) is 22.5. The van der Waals surface area contributed by atoms with Crippen LogP contribution in [0.25, 0.3) is 98.8 Å². The van der Waals surface area contributed by atoms with Crippen LogP contribution in [0, 0.1) is 0 Å². The van der Waals surface area contributed by atoms with Gasteiger partial charge in [-0.1, -0.05) is 125 Å². The van der Waals surface area contributed by atoms with Crippen molar-refractivity contribution in [2.24, 2.45) is 0 Å². The van der Waals surface area contributed by atoms with Crippen molar-refractivity contribution in [2.45, 2.75) is 157 Å². The van der Waals surface area contributed by atoms with Crippen molar-refractivity contribution in [1.29, 1.82) is 0 Å². The maximum absolute atomic E-state index is 4.02. The number of nitrogens with one attached hydrogen (secondary N) is 3. The lowest BCUT2D eigenvalue weighted by Crippen LogP contribution is -2.17. The molecule has 1 aliphatic heterocycles. The first-order valence-corrected chi connectivity index (χ1v) is 23.4. The van der Waals surface area contributed by atoms with Crippen molar-refractivity contribution >= 4 is 65.4 Å². The Hall–Kier alpha value is -5.28. The molecule has 63 heavy (non-hydrogen) atoms. The molecular weight excluding hydrogens is 763 g/mol. The van der Waals surface area contributed by atoms with Crippen LogP contribution in [0.15, 0.2) is 72.8 Å². The number of aromatic amines is 3. The van der Waals surface area contributed by atoms with Crippen molar-refractivity contribution in [1.82, 2.24) is 15.0 Å². The summed E-state index contributed by atoms with van der Waals surface area (Å²) in [5, 5.41) is 7.73. The Morgan fingerprint density at radius 1 is 0.206 bits per heavy atom. The van der Waals surface area contributed by atoms with E-state index in [4.69, 9.17) is 0 Å². The van der Waals surface area contributed by atoms with Gasteiger partial charge in [0.1, 0.15) is 0 Å². The fourth-order valence-corrected chi connectivity index (χ4v) is 11.1. The Kier molecular flexibility index (Phi) is 8.41. The number of fused-ring (bicyclic) bond motifs is 12. The summed E-state index contributed by atoms with van der Waals surface area (Å²) >= 11 is 0. The second kappa shape index (κ2) is 12.7. The van der Waals surface area contributed by atoms with E-state index in [1.54, 1.807) is 0 Å². The van der Waals surface area contributed by atoms with Crippen LogP contribution in [0.5, 0.6) is 0 Å². The average Bonchev–Trinajstić information content (AvgIpc) is 3.81. The highest BCUT2D eigenvalue weighted by Crippen LogP contribution is 2.50. The Bertz CT molecular complexity index is 2830. The molecule has 0 unspecified atom stereocenters. The quantitative estimate of drug-likeness (QED) is 0.136. The molecular formula is C60H69N3. The van der Waals surface area contributed by atoms with Gasteiger partial charge in [-0.05, 0) is 172 Å². The maximum atomic E-state index is 4.02. The molecule has 0 saturated heterocycles. The highest BCUT2D eigenvalue weighted by Gasteiger charge is 2.32. The monoisotopic (exact) mass is 832 g/mol. The third-order valence-corrected chi connectivity index (χ3v) is 14.3. The number of rotatable bonds is 0. The van der Waals surface area contributed by atoms with E-state index >= 15 is 0 Å². The summed E-state index contributed by atoms with van der Waals surface area (Å²) < 4.78 is 0. The molecule has 3 aromatic heterocycles. The highest BCUT2D eigenvalue weighted by molar-refractivity contribution is 6.15. The first-order valence-electron chi connectivity index (χ1n) is 23.4. The summed E-state index contributed by atoms with van der Waals surface area (Å²) in [6, 6.07) is 29.9. The van der Waals surface area contributed by atoms with Crippen molar-refractivity contribution < 1.29 is 0 Å². The molecule has 6 aromatic carbocycles. The molecule has 9 aromatic rings. The van der Waals surface area contributed by atoms with Gasteiger partial charge in [0.2, 0.25) is 0 Å². The van der Waals surface area contributed by atoms with Gasteiger partial charge in [-0.25, -0.2) is 0 Å². The molecule has 0 saturated carbocycles. The Labute approximate surface area is 375 Å². The van der Waals surface area contributed by atoms with E-state index in [-0.39, 0.29) is 32.5 Å². The summed E-state index contributed by atoms with van der Waals surface area (Å²) in [4.78, 5) is 12.1. The lowest BCUT2D eigenvalue weighted by atomic mass is 9.74. The smallest absolute Gasteiger partial charge is 0.0471 e. The van der Waals surface area contributed by atoms with Gasteiger partial charge in [-0.15, -0.1) is 0 Å². The van der Waals surface area contributed by atoms with Gasteiger partial charge >= 0.3 is 0 Å². The van der Waals surface area contributed by atoms with Crippen LogP contribution in [0.3, 0.4) is 0 Å². The lowest BCUT2D eigenvalue weighted by molar-refractivity contribution is 0.585. The summed E-state index contributed by atoms with van der Waals surface area (Å²) in [6.07, 6.45) is 0. The van der Waals surface area contributed by atoms with Crippen LogP contribution in [-0.2, 0) is 32.5 Å². The van der Waals surface area contributed by atoms with Gasteiger partial charge in [-0.3, -0.25) is 0 Å². The minimum atomic E-state index is -0.104. The highest BCUT2D eigenvalue weighted by atomic mass is 14.7. The van der Waals surface area contributed by atoms with Gasteiger partial charge < -0.3 is 15.0 Å². The lowest BCUT2D eigenvalue weighted by Gasteiger charge is -2.29. The molecule has 324 valence electrons. The van der Waals surface area contributed by atoms with Crippen LogP contribution in [0.2, 0.25) is 0 Å². The molecule has 0 radical (unpaired) electrons. The Balaban J connectivity index is 1.47. The van der Waals surface area contributed by atoms with Crippen LogP contribution in [0.4, 0.5) is 0 Å². The van der Waals surface area contributed by atoms with Crippen molar-refractivity contribution in [3.05, 3.63) is 106 Å². The van der Waals surface area contributed by atoms with Crippen LogP contribution in [0.1, 0.15) is 158 Å². The SMILES string of the molecule is CC(C)(C)c1cc2c3cc1-c1cc4[nH]c5cc(c(C(C)(C)C)cc5c4cc1C(C)(C)C)-c1cc4[nH]c5cc(c(C(C)(C)C)cc5c4cc1C(C)(C)C)-c1cc([nH]3)c2cc1C(C)(C)C. The van der Waals surface area contributed by atoms with E-state index < -0.39 is 0 Å². The Morgan fingerprint density at radius 3 is 0.444 bits per heavy atom. The zero-order chi connectivity index (χ0) is 45.5. The molecule has 3 heteroatoms. The second-order valence-electron chi connectivity index (χ2n) is 25.5. The van der Waals surface area contributed by atoms with E-state index in [1.165, 1.54) is 132 Å². The van der Waals surface area contributed by atoms with Gasteiger partial charge in [0.05, 0.1) is 0 Å². The molecule has 12 bridgehead atoms. The first-order chi connectivity index (χ1) is 29.0. The largest absolute Gasteiger partial charge is 0.354 e. The predicted octanol–water partition coefficient (Wildman–Crippen LogP) is 17.7. The fraction of sp³-hybridized carbons (Fsp3) is 0.400. The zero-order valence-corrected chi connectivity index (χ0v) is 41.4. The van der Waals surface area contributed by atoms with E-state index in [1.807, 2.05) is 0 Å². The molecule has 0 amide bonds. The topological polar surface area (TPSA) is 47.4 Å². The van der Waals surface area contributed by atoms with Crippen molar-refractivity contribution in [3.8, 4) is 33.4 Å². The van der Waals surface area contributed by atoms with Crippen LogP contribution < -0.4 is 0 Å². The normalized spacial score (nSPS) is 14.2. The maximum Gasteiger partial charge on any atom is 0.0471 e. The average molecular weight is 832 g/mol. The first kappa shape index (κ1) is 41.7. The summed E-state index contributed by atoms with van der Waals surface area (Å²) in [6.45, 7) is 42.8. The van der Waals surface area contributed by atoms with Gasteiger partial charge in [0.15, 0.2) is 0 Å². The minimum absolute atomic E-state index is 0.104. The standard InChI is InChI=1S/C60H69N3/c1-55(2,3)43-19-37-38-20-45(57(7,8)9)33-27-51(38)61-49(37)25-31(43)32-26-50-39(21-44(32)56(4,5)6)40-22-46(58(10,11)12)35(28-52(40)62-50)36-30-54-42(24-48(36)60(16,17)18)41-23-47(59(13,14)15)34(33)29-53(41)63-54/h19-30,61-63H,1-18H3. The van der Waals surface area contributed by atoms with Gasteiger partial charge in [0, 0.05) is 65.4 Å². The number of benzene rings is 6. The minimum Gasteiger partial charge on any atom is -0.354 e. The van der Waals surface area contributed by atoms with E-state index in [0.717, 1.165) is 0 Å². The van der Waals surface area contributed by atoms with E-state index in [9.17, 15) is 0 Å². The van der Waals surface area contributed by atoms with E-state index in [0.29, 0.717) is 0 Å². The zero-order valence-electron chi connectivity index (χ0n) is 41.4. The number of aromatic nitrogens is 3. The molecule has 10 rings (SSSR count). The molecule has 1 aliphatic rings. The van der Waals surface area contributed by atoms with E-state index in [2.05, 4.69) is 212 Å². The summed E-state index contributed by atoms with van der Waals surface area (Å²) in [5.74, 6) is 0. The molecule has 0 aliphatic carbocycles. The van der Waals surface area contributed by atoms with Crippen molar-refractivity contribution in [3.63, 3.8) is 0 Å². The summed E-state index contributed by atoms with van der Waals surface area (Å²) in [7, 11) is 0. The van der Waals surface area contributed by atoms with Gasteiger partial charge in [0.25, 0.3) is 0 Å².